The molecule has 1 aromatic rings. The third-order valence-corrected chi connectivity index (χ3v) is 5.79. The van der Waals surface area contributed by atoms with Crippen molar-refractivity contribution in [3.05, 3.63) is 29.8 Å². The van der Waals surface area contributed by atoms with Crippen molar-refractivity contribution in [3.8, 4) is 5.75 Å². The van der Waals surface area contributed by atoms with Gasteiger partial charge in [-0.05, 0) is 50.0 Å². The van der Waals surface area contributed by atoms with E-state index < -0.39 is 10.0 Å². The Kier molecular flexibility index (Phi) is 7.62. The van der Waals surface area contributed by atoms with Crippen LogP contribution in [0.5, 0.6) is 5.75 Å². The van der Waals surface area contributed by atoms with Gasteiger partial charge in [-0.1, -0.05) is 12.1 Å². The zero-order chi connectivity index (χ0) is 15.3. The second-order valence-electron chi connectivity index (χ2n) is 5.51. The lowest BCUT2D eigenvalue weighted by atomic mass is 9.98. The highest BCUT2D eigenvalue weighted by Gasteiger charge is 2.27. The van der Waals surface area contributed by atoms with Crippen LogP contribution in [0.3, 0.4) is 0 Å². The molecular formula is C15H25ClN2O3S. The van der Waals surface area contributed by atoms with E-state index in [4.69, 9.17) is 4.74 Å². The molecule has 0 atom stereocenters. The molecule has 2 rings (SSSR count). The SMILES string of the molecule is CNCC1CCN(S(=O)(=O)Cc2cccc(OC)c2)CC1.Cl. The Morgan fingerprint density at radius 2 is 2.00 bits per heavy atom. The molecule has 7 heteroatoms. The number of ether oxygens (including phenoxy) is 1. The molecule has 0 spiro atoms. The van der Waals surface area contributed by atoms with Crippen LogP contribution in [-0.2, 0) is 15.8 Å². The zero-order valence-corrected chi connectivity index (χ0v) is 14.8. The van der Waals surface area contributed by atoms with Gasteiger partial charge in [0.2, 0.25) is 10.0 Å². The Balaban J connectivity index is 0.00000242. The lowest BCUT2D eigenvalue weighted by molar-refractivity contribution is 0.270. The molecule has 0 radical (unpaired) electrons. The van der Waals surface area contributed by atoms with Gasteiger partial charge in [-0.2, -0.15) is 0 Å². The van der Waals surface area contributed by atoms with E-state index in [1.54, 1.807) is 17.5 Å². The van der Waals surface area contributed by atoms with Crippen molar-refractivity contribution in [1.29, 1.82) is 0 Å². The van der Waals surface area contributed by atoms with Crippen molar-refractivity contribution in [2.45, 2.75) is 18.6 Å². The predicted octanol–water partition coefficient (Wildman–Crippen LogP) is 1.88. The van der Waals surface area contributed by atoms with Crippen molar-refractivity contribution in [2.24, 2.45) is 5.92 Å². The monoisotopic (exact) mass is 348 g/mol. The summed E-state index contributed by atoms with van der Waals surface area (Å²) < 4.78 is 31.7. The lowest BCUT2D eigenvalue weighted by Gasteiger charge is -2.31. The van der Waals surface area contributed by atoms with E-state index in [1.807, 2.05) is 25.2 Å². The van der Waals surface area contributed by atoms with Crippen LogP contribution in [0.2, 0.25) is 0 Å². The number of methoxy groups -OCH3 is 1. The first kappa shape index (κ1) is 19.2. The molecule has 22 heavy (non-hydrogen) atoms. The molecule has 1 N–H and O–H groups in total. The molecule has 0 aromatic heterocycles. The summed E-state index contributed by atoms with van der Waals surface area (Å²) in [7, 11) is 0.278. The predicted molar refractivity (Wildman–Crippen MR) is 91.1 cm³/mol. The number of benzene rings is 1. The van der Waals surface area contributed by atoms with E-state index in [-0.39, 0.29) is 18.2 Å². The number of hydrogen-bond donors (Lipinski definition) is 1. The second kappa shape index (κ2) is 8.72. The van der Waals surface area contributed by atoms with Crippen molar-refractivity contribution in [1.82, 2.24) is 9.62 Å². The number of sulfonamides is 1. The minimum absolute atomic E-state index is 0. The molecular weight excluding hydrogens is 324 g/mol. The topological polar surface area (TPSA) is 58.6 Å². The Labute approximate surface area is 139 Å². The lowest BCUT2D eigenvalue weighted by Crippen LogP contribution is -2.40. The highest BCUT2D eigenvalue weighted by Crippen LogP contribution is 2.22. The molecule has 0 amide bonds. The van der Waals surface area contributed by atoms with Crippen LogP contribution in [0.1, 0.15) is 18.4 Å². The van der Waals surface area contributed by atoms with E-state index in [0.29, 0.717) is 24.8 Å². The summed E-state index contributed by atoms with van der Waals surface area (Å²) >= 11 is 0. The Bertz CT molecular complexity index is 558. The number of halogens is 1. The molecule has 1 aliphatic rings. The molecule has 0 aliphatic carbocycles. The quantitative estimate of drug-likeness (QED) is 0.852. The molecule has 1 heterocycles. The molecule has 5 nitrogen and oxygen atoms in total. The summed E-state index contributed by atoms with van der Waals surface area (Å²) in [5, 5.41) is 3.16. The van der Waals surface area contributed by atoms with Gasteiger partial charge in [0.25, 0.3) is 0 Å². The van der Waals surface area contributed by atoms with Crippen molar-refractivity contribution >= 4 is 22.4 Å². The van der Waals surface area contributed by atoms with Gasteiger partial charge >= 0.3 is 0 Å². The Hall–Kier alpha value is -0.820. The van der Waals surface area contributed by atoms with E-state index in [9.17, 15) is 8.42 Å². The fourth-order valence-corrected chi connectivity index (χ4v) is 4.29. The maximum atomic E-state index is 12.5. The highest BCUT2D eigenvalue weighted by atomic mass is 35.5. The second-order valence-corrected chi connectivity index (χ2v) is 7.48. The van der Waals surface area contributed by atoms with Crippen LogP contribution in [0.25, 0.3) is 0 Å². The summed E-state index contributed by atoms with van der Waals surface area (Å²) in [5.74, 6) is 1.31. The molecule has 0 saturated carbocycles. The summed E-state index contributed by atoms with van der Waals surface area (Å²) in [6.07, 6.45) is 1.86. The smallest absolute Gasteiger partial charge is 0.218 e. The van der Waals surface area contributed by atoms with Gasteiger partial charge in [-0.3, -0.25) is 0 Å². The van der Waals surface area contributed by atoms with Crippen molar-refractivity contribution in [3.63, 3.8) is 0 Å². The first-order valence-electron chi connectivity index (χ1n) is 7.30. The van der Waals surface area contributed by atoms with E-state index in [0.717, 1.165) is 24.9 Å². The van der Waals surface area contributed by atoms with Gasteiger partial charge < -0.3 is 10.1 Å². The van der Waals surface area contributed by atoms with Gasteiger partial charge in [0.15, 0.2) is 0 Å². The fraction of sp³-hybridized carbons (Fsp3) is 0.600. The summed E-state index contributed by atoms with van der Waals surface area (Å²) in [4.78, 5) is 0. The number of nitrogens with one attached hydrogen (secondary N) is 1. The number of piperidine rings is 1. The highest BCUT2D eigenvalue weighted by molar-refractivity contribution is 7.88. The summed E-state index contributed by atoms with van der Waals surface area (Å²) in [6.45, 7) is 2.21. The maximum absolute atomic E-state index is 12.5. The van der Waals surface area contributed by atoms with E-state index in [2.05, 4.69) is 5.32 Å². The van der Waals surface area contributed by atoms with Gasteiger partial charge in [0.1, 0.15) is 5.75 Å². The normalized spacial score (nSPS) is 17.0. The number of hydrogen-bond acceptors (Lipinski definition) is 4. The fourth-order valence-electron chi connectivity index (χ4n) is 2.74. The molecule has 126 valence electrons. The van der Waals surface area contributed by atoms with Gasteiger partial charge in [-0.15, -0.1) is 12.4 Å². The van der Waals surface area contributed by atoms with Crippen LogP contribution < -0.4 is 10.1 Å². The van der Waals surface area contributed by atoms with Crippen molar-refractivity contribution < 1.29 is 13.2 Å². The number of nitrogens with zero attached hydrogens (tertiary/aromatic N) is 1. The third-order valence-electron chi connectivity index (χ3n) is 3.94. The van der Waals surface area contributed by atoms with Crippen molar-refractivity contribution in [2.75, 3.05) is 33.8 Å². The first-order valence-corrected chi connectivity index (χ1v) is 8.91. The maximum Gasteiger partial charge on any atom is 0.218 e. The molecule has 1 aromatic carbocycles. The molecule has 1 saturated heterocycles. The van der Waals surface area contributed by atoms with Crippen LogP contribution in [0, 0.1) is 5.92 Å². The standard InChI is InChI=1S/C15H24N2O3S.ClH/c1-16-11-13-6-8-17(9-7-13)21(18,19)12-14-4-3-5-15(10-14)20-2;/h3-5,10,13,16H,6-9,11-12H2,1-2H3;1H. The number of rotatable bonds is 6. The largest absolute Gasteiger partial charge is 0.497 e. The molecule has 0 bridgehead atoms. The molecule has 0 unspecified atom stereocenters. The van der Waals surface area contributed by atoms with Crippen LogP contribution in [0.4, 0.5) is 0 Å². The van der Waals surface area contributed by atoms with Gasteiger partial charge in [0, 0.05) is 13.1 Å². The van der Waals surface area contributed by atoms with Crippen LogP contribution in [0.15, 0.2) is 24.3 Å². The molecule has 1 fully saturated rings. The average Bonchev–Trinajstić information content (AvgIpc) is 2.48. The first-order chi connectivity index (χ1) is 10.0. The van der Waals surface area contributed by atoms with Gasteiger partial charge in [-0.25, -0.2) is 12.7 Å². The summed E-state index contributed by atoms with van der Waals surface area (Å²) in [5.41, 5.74) is 0.770. The molecule has 1 aliphatic heterocycles. The summed E-state index contributed by atoms with van der Waals surface area (Å²) in [6, 6.07) is 7.25. The van der Waals surface area contributed by atoms with E-state index >= 15 is 0 Å². The van der Waals surface area contributed by atoms with Crippen LogP contribution in [-0.4, -0.2) is 46.5 Å². The van der Waals surface area contributed by atoms with Crippen LogP contribution >= 0.6 is 12.4 Å². The average molecular weight is 349 g/mol. The third kappa shape index (κ3) is 5.12. The minimum Gasteiger partial charge on any atom is -0.497 e. The minimum atomic E-state index is -3.24. The Morgan fingerprint density at radius 1 is 1.32 bits per heavy atom. The Morgan fingerprint density at radius 3 is 2.59 bits per heavy atom. The van der Waals surface area contributed by atoms with Gasteiger partial charge in [0.05, 0.1) is 12.9 Å². The van der Waals surface area contributed by atoms with E-state index in [1.165, 1.54) is 0 Å². The zero-order valence-electron chi connectivity index (χ0n) is 13.1.